The molecule has 1 aromatic heterocycles. The molecule has 9 nitrogen and oxygen atoms in total. The van der Waals surface area contributed by atoms with Gasteiger partial charge in [0.05, 0.1) is 18.6 Å². The lowest BCUT2D eigenvalue weighted by molar-refractivity contribution is -0.607. The van der Waals surface area contributed by atoms with Crippen molar-refractivity contribution in [1.29, 1.82) is 0 Å². The molecule has 4 rings (SSSR count). The summed E-state index contributed by atoms with van der Waals surface area (Å²) in [4.78, 5) is 22.9. The van der Waals surface area contributed by atoms with Crippen LogP contribution in [0.3, 0.4) is 0 Å². The third-order valence-electron chi connectivity index (χ3n) is 5.16. The van der Waals surface area contributed by atoms with E-state index in [1.165, 1.54) is 11.3 Å². The molecular formula is C13H14N2O7S. The summed E-state index contributed by atoms with van der Waals surface area (Å²) >= 11 is 1.23. The van der Waals surface area contributed by atoms with Crippen molar-refractivity contribution in [3.05, 3.63) is 42.6 Å². The first-order chi connectivity index (χ1) is 10.9. The molecule has 1 N–H and O–H groups in total. The molecule has 1 aliphatic carbocycles. The van der Waals surface area contributed by atoms with Gasteiger partial charge in [0.25, 0.3) is 6.04 Å². The van der Waals surface area contributed by atoms with Gasteiger partial charge in [-0.2, -0.15) is 0 Å². The summed E-state index contributed by atoms with van der Waals surface area (Å²) in [5.41, 5.74) is -1.86. The van der Waals surface area contributed by atoms with Crippen LogP contribution in [0.1, 0.15) is 17.2 Å². The van der Waals surface area contributed by atoms with Gasteiger partial charge in [-0.1, -0.05) is 6.07 Å². The number of ether oxygens (including phenoxy) is 2. The smallest absolute Gasteiger partial charge is 0.260 e. The van der Waals surface area contributed by atoms with Crippen LogP contribution in [-0.4, -0.2) is 51.6 Å². The summed E-state index contributed by atoms with van der Waals surface area (Å²) in [6.07, 6.45) is -1.67. The van der Waals surface area contributed by atoms with Crippen LogP contribution in [0.25, 0.3) is 0 Å². The third-order valence-corrected chi connectivity index (χ3v) is 6.13. The highest BCUT2D eigenvalue weighted by Crippen LogP contribution is 2.54. The minimum Gasteiger partial charge on any atom is -0.378 e. The first kappa shape index (κ1) is 14.9. The van der Waals surface area contributed by atoms with E-state index >= 15 is 0 Å². The molecule has 3 heterocycles. The van der Waals surface area contributed by atoms with E-state index in [-0.39, 0.29) is 13.0 Å². The fraction of sp³-hybridized carbons (Fsp3) is 0.692. The zero-order chi connectivity index (χ0) is 16.4. The van der Waals surface area contributed by atoms with Crippen molar-refractivity contribution >= 4 is 11.3 Å². The fourth-order valence-corrected chi connectivity index (χ4v) is 5.18. The largest absolute Gasteiger partial charge is 0.378 e. The maximum absolute atomic E-state index is 11.7. The Morgan fingerprint density at radius 2 is 2.13 bits per heavy atom. The molecule has 0 spiro atoms. The molecule has 3 fully saturated rings. The van der Waals surface area contributed by atoms with Crippen molar-refractivity contribution in [2.45, 2.75) is 42.4 Å². The summed E-state index contributed by atoms with van der Waals surface area (Å²) < 4.78 is 10.9. The molecule has 2 aliphatic heterocycles. The van der Waals surface area contributed by atoms with Crippen molar-refractivity contribution in [2.75, 3.05) is 6.61 Å². The van der Waals surface area contributed by atoms with E-state index in [4.69, 9.17) is 9.47 Å². The second kappa shape index (κ2) is 4.94. The van der Waals surface area contributed by atoms with Crippen LogP contribution in [0.4, 0.5) is 0 Å². The zero-order valence-corrected chi connectivity index (χ0v) is 12.6. The van der Waals surface area contributed by atoms with Crippen LogP contribution in [0.2, 0.25) is 0 Å². The summed E-state index contributed by atoms with van der Waals surface area (Å²) in [6, 6.07) is 0.620. The number of aliphatic hydroxyl groups is 1. The molecule has 124 valence electrons. The Labute approximate surface area is 134 Å². The number of thiophene rings is 1. The molecule has 7 atom stereocenters. The second-order valence-electron chi connectivity index (χ2n) is 6.25. The Morgan fingerprint density at radius 3 is 2.74 bits per heavy atom. The van der Waals surface area contributed by atoms with Crippen molar-refractivity contribution in [3.63, 3.8) is 0 Å². The predicted octanol–water partition coefficient (Wildman–Crippen LogP) is 0.628. The fourth-order valence-electron chi connectivity index (χ4n) is 4.28. The van der Waals surface area contributed by atoms with E-state index in [1.54, 1.807) is 17.5 Å². The third kappa shape index (κ3) is 1.95. The van der Waals surface area contributed by atoms with Gasteiger partial charge in [-0.05, 0) is 17.9 Å². The number of fused-ring (bicyclic) bond motifs is 6. The highest BCUT2D eigenvalue weighted by atomic mass is 32.1. The van der Waals surface area contributed by atoms with Gasteiger partial charge >= 0.3 is 0 Å². The van der Waals surface area contributed by atoms with Gasteiger partial charge < -0.3 is 14.6 Å². The average molecular weight is 342 g/mol. The van der Waals surface area contributed by atoms with Crippen molar-refractivity contribution in [3.8, 4) is 0 Å². The molecule has 1 aromatic rings. The maximum atomic E-state index is 11.7. The molecule has 0 aromatic carbocycles. The van der Waals surface area contributed by atoms with E-state index in [2.05, 4.69) is 0 Å². The summed E-state index contributed by atoms with van der Waals surface area (Å²) in [5, 5.41) is 36.1. The molecule has 7 unspecified atom stereocenters. The summed E-state index contributed by atoms with van der Waals surface area (Å²) in [7, 11) is 0. The highest BCUT2D eigenvalue weighted by Gasteiger charge is 2.73. The van der Waals surface area contributed by atoms with Crippen LogP contribution in [-0.2, 0) is 9.47 Å². The van der Waals surface area contributed by atoms with Gasteiger partial charge in [-0.15, -0.1) is 11.3 Å². The number of nitro groups is 2. The molecule has 3 aliphatic rings. The summed E-state index contributed by atoms with van der Waals surface area (Å²) in [6.45, 7) is 0.115. The molecule has 0 radical (unpaired) electrons. The van der Waals surface area contributed by atoms with Crippen LogP contribution < -0.4 is 0 Å². The number of hydrogen-bond acceptors (Lipinski definition) is 8. The molecule has 10 heteroatoms. The molecule has 4 bridgehead atoms. The molecular weight excluding hydrogens is 328 g/mol. The van der Waals surface area contributed by atoms with E-state index < -0.39 is 51.8 Å². The molecule has 2 saturated heterocycles. The van der Waals surface area contributed by atoms with E-state index in [9.17, 15) is 25.3 Å². The molecule has 0 amide bonds. The van der Waals surface area contributed by atoms with Crippen LogP contribution in [0.15, 0.2) is 17.5 Å². The molecule has 1 saturated carbocycles. The normalized spacial score (nSPS) is 44.9. The van der Waals surface area contributed by atoms with Crippen LogP contribution in [0, 0.1) is 26.1 Å². The van der Waals surface area contributed by atoms with Gasteiger partial charge in [0, 0.05) is 14.7 Å². The SMILES string of the molecule is O=[N+]([O-])C1C2CC(O)(C3OCC2O3)C([N+](=O)[O-])C1c1cccs1. The zero-order valence-electron chi connectivity index (χ0n) is 11.8. The van der Waals surface area contributed by atoms with Crippen LogP contribution in [0.5, 0.6) is 0 Å². The van der Waals surface area contributed by atoms with Gasteiger partial charge in [0.2, 0.25) is 6.04 Å². The number of nitrogens with zero attached hydrogens (tertiary/aromatic N) is 2. The Kier molecular flexibility index (Phi) is 3.21. The maximum Gasteiger partial charge on any atom is 0.260 e. The predicted molar refractivity (Wildman–Crippen MR) is 76.3 cm³/mol. The Bertz CT molecular complexity index is 653. The lowest BCUT2D eigenvalue weighted by Gasteiger charge is -2.48. The quantitative estimate of drug-likeness (QED) is 0.631. The Morgan fingerprint density at radius 1 is 1.35 bits per heavy atom. The van der Waals surface area contributed by atoms with Gasteiger partial charge in [-0.3, -0.25) is 20.2 Å². The lowest BCUT2D eigenvalue weighted by atomic mass is 9.63. The lowest BCUT2D eigenvalue weighted by Crippen LogP contribution is -2.69. The standard InChI is InChI=1S/C13H14N2O7S/c16-13-4-6(7-5-21-12(13)22-7)10(14(17)18)9(11(13)15(19)20)8-2-1-3-23-8/h1-3,6-7,9-12,16H,4-5H2. The Hall–Kier alpha value is -1.62. The second-order valence-corrected chi connectivity index (χ2v) is 7.23. The van der Waals surface area contributed by atoms with Crippen LogP contribution >= 0.6 is 11.3 Å². The van der Waals surface area contributed by atoms with E-state index in [0.29, 0.717) is 4.88 Å². The topological polar surface area (TPSA) is 125 Å². The van der Waals surface area contributed by atoms with Gasteiger partial charge in [-0.25, -0.2) is 0 Å². The van der Waals surface area contributed by atoms with E-state index in [1.807, 2.05) is 0 Å². The minimum atomic E-state index is -1.86. The van der Waals surface area contributed by atoms with Gasteiger partial charge in [0.15, 0.2) is 11.9 Å². The Balaban J connectivity index is 1.89. The van der Waals surface area contributed by atoms with Crippen molar-refractivity contribution in [2.24, 2.45) is 5.92 Å². The van der Waals surface area contributed by atoms with Gasteiger partial charge in [0.1, 0.15) is 5.92 Å². The molecule has 23 heavy (non-hydrogen) atoms. The first-order valence-electron chi connectivity index (χ1n) is 7.23. The minimum absolute atomic E-state index is 0.0541. The van der Waals surface area contributed by atoms with Crippen molar-refractivity contribution < 1.29 is 24.4 Å². The van der Waals surface area contributed by atoms with Crippen molar-refractivity contribution in [1.82, 2.24) is 0 Å². The van der Waals surface area contributed by atoms with E-state index in [0.717, 1.165) is 0 Å². The highest BCUT2D eigenvalue weighted by molar-refractivity contribution is 7.10. The number of hydrogen-bond donors (Lipinski definition) is 1. The number of rotatable bonds is 3. The average Bonchev–Trinajstić information content (AvgIpc) is 3.15. The summed E-state index contributed by atoms with van der Waals surface area (Å²) in [5.74, 6) is -1.61. The monoisotopic (exact) mass is 342 g/mol. The first-order valence-corrected chi connectivity index (χ1v) is 8.11.